The highest BCUT2D eigenvalue weighted by Gasteiger charge is 2.09. The van der Waals surface area contributed by atoms with Crippen LogP contribution in [0.2, 0.25) is 10.0 Å². The van der Waals surface area contributed by atoms with Crippen LogP contribution in [0.25, 0.3) is 0 Å². The lowest BCUT2D eigenvalue weighted by atomic mass is 10.2. The molecule has 0 aliphatic carbocycles. The van der Waals surface area contributed by atoms with Crippen LogP contribution in [0, 0.1) is 0 Å². The Bertz CT molecular complexity index is 1180. The Morgan fingerprint density at radius 3 is 2.50 bits per heavy atom. The van der Waals surface area contributed by atoms with Gasteiger partial charge in [0.1, 0.15) is 6.61 Å². The van der Waals surface area contributed by atoms with Crippen molar-refractivity contribution in [3.8, 4) is 11.5 Å². The number of halogens is 2. The molecule has 0 spiro atoms. The summed E-state index contributed by atoms with van der Waals surface area (Å²) in [6.07, 6.45) is 1.48. The molecule has 0 aliphatic rings. The number of ether oxygens (including phenoxy) is 2. The number of methoxy groups -OCH3 is 1. The number of hydrogen-bond donors (Lipinski definition) is 2. The second-order valence-electron chi connectivity index (χ2n) is 7.14. The fraction of sp³-hybridized carbons (Fsp3) is 0.160. The van der Waals surface area contributed by atoms with Crippen LogP contribution < -0.4 is 20.2 Å². The molecular weight excluding hydrogens is 477 g/mol. The van der Waals surface area contributed by atoms with E-state index in [1.165, 1.54) is 13.3 Å². The second-order valence-corrected chi connectivity index (χ2v) is 7.99. The summed E-state index contributed by atoms with van der Waals surface area (Å²) in [6.45, 7) is 0.296. The minimum absolute atomic E-state index is 0.0120. The molecule has 0 radical (unpaired) electrons. The van der Waals surface area contributed by atoms with Crippen molar-refractivity contribution in [2.45, 2.75) is 19.4 Å². The summed E-state index contributed by atoms with van der Waals surface area (Å²) < 4.78 is 11.2. The summed E-state index contributed by atoms with van der Waals surface area (Å²) in [4.78, 5) is 24.0. The van der Waals surface area contributed by atoms with Crippen LogP contribution >= 0.6 is 23.2 Å². The van der Waals surface area contributed by atoms with Gasteiger partial charge in [0.25, 0.3) is 0 Å². The van der Waals surface area contributed by atoms with Crippen LogP contribution in [0.5, 0.6) is 11.5 Å². The Hall–Kier alpha value is -3.55. The molecule has 0 unspecified atom stereocenters. The SMILES string of the molecule is COc1cc(C=NNC(=O)CCC(=O)Nc2cccc(Cl)c2)ccc1OCc1ccccc1Cl. The van der Waals surface area contributed by atoms with Crippen molar-refractivity contribution in [1.29, 1.82) is 0 Å². The third-order valence-corrected chi connectivity index (χ3v) is 5.22. The maximum Gasteiger partial charge on any atom is 0.240 e. The van der Waals surface area contributed by atoms with Crippen molar-refractivity contribution < 1.29 is 19.1 Å². The zero-order chi connectivity index (χ0) is 24.3. The number of benzene rings is 3. The molecule has 0 heterocycles. The highest BCUT2D eigenvalue weighted by Crippen LogP contribution is 2.29. The smallest absolute Gasteiger partial charge is 0.240 e. The van der Waals surface area contributed by atoms with E-state index < -0.39 is 0 Å². The van der Waals surface area contributed by atoms with Crippen molar-refractivity contribution >= 4 is 46.9 Å². The fourth-order valence-electron chi connectivity index (χ4n) is 2.91. The number of carbonyl (C=O) groups is 2. The number of rotatable bonds is 10. The van der Waals surface area contributed by atoms with Crippen molar-refractivity contribution in [2.24, 2.45) is 5.10 Å². The lowest BCUT2D eigenvalue weighted by Crippen LogP contribution is -2.20. The van der Waals surface area contributed by atoms with Gasteiger partial charge in [0.2, 0.25) is 11.8 Å². The van der Waals surface area contributed by atoms with Crippen LogP contribution in [0.4, 0.5) is 5.69 Å². The third-order valence-electron chi connectivity index (χ3n) is 4.62. The minimum Gasteiger partial charge on any atom is -0.493 e. The normalized spacial score (nSPS) is 10.7. The maximum absolute atomic E-state index is 12.0. The van der Waals surface area contributed by atoms with Gasteiger partial charge in [0, 0.05) is 34.1 Å². The molecule has 0 bridgehead atoms. The van der Waals surface area contributed by atoms with Gasteiger partial charge in [-0.1, -0.05) is 47.5 Å². The first-order valence-electron chi connectivity index (χ1n) is 10.4. The van der Waals surface area contributed by atoms with E-state index in [1.807, 2.05) is 18.2 Å². The van der Waals surface area contributed by atoms with E-state index in [-0.39, 0.29) is 24.7 Å². The summed E-state index contributed by atoms with van der Waals surface area (Å²) in [5.41, 5.74) is 4.54. The van der Waals surface area contributed by atoms with E-state index in [0.717, 1.165) is 5.56 Å². The van der Waals surface area contributed by atoms with Crippen molar-refractivity contribution in [1.82, 2.24) is 5.43 Å². The molecule has 0 aliphatic heterocycles. The average Bonchev–Trinajstić information content (AvgIpc) is 2.82. The highest BCUT2D eigenvalue weighted by molar-refractivity contribution is 6.31. The first-order valence-corrected chi connectivity index (χ1v) is 11.1. The lowest BCUT2D eigenvalue weighted by molar-refractivity contribution is -0.124. The number of nitrogens with zero attached hydrogens (tertiary/aromatic N) is 1. The zero-order valence-electron chi connectivity index (χ0n) is 18.4. The van der Waals surface area contributed by atoms with Gasteiger partial charge in [-0.15, -0.1) is 0 Å². The maximum atomic E-state index is 12.0. The third kappa shape index (κ3) is 7.79. The van der Waals surface area contributed by atoms with E-state index in [1.54, 1.807) is 48.5 Å². The van der Waals surface area contributed by atoms with Gasteiger partial charge in [-0.2, -0.15) is 5.10 Å². The Labute approximate surface area is 207 Å². The van der Waals surface area contributed by atoms with Gasteiger partial charge in [-0.25, -0.2) is 5.43 Å². The molecule has 3 rings (SSSR count). The lowest BCUT2D eigenvalue weighted by Gasteiger charge is -2.12. The molecule has 2 N–H and O–H groups in total. The standard InChI is InChI=1S/C25H23Cl2N3O4/c1-33-23-13-17(9-10-22(23)34-16-18-5-2-3-8-21(18)27)15-28-30-25(32)12-11-24(31)29-20-7-4-6-19(26)14-20/h2-10,13-15H,11-12,16H2,1H3,(H,29,31)(H,30,32). The van der Waals surface area contributed by atoms with Crippen molar-refractivity contribution in [3.05, 3.63) is 87.9 Å². The first-order chi connectivity index (χ1) is 16.4. The van der Waals surface area contributed by atoms with Crippen LogP contribution in [-0.2, 0) is 16.2 Å². The summed E-state index contributed by atoms with van der Waals surface area (Å²) in [7, 11) is 1.54. The predicted octanol–water partition coefficient (Wildman–Crippen LogP) is 5.45. The van der Waals surface area contributed by atoms with Gasteiger partial charge < -0.3 is 14.8 Å². The monoisotopic (exact) mass is 499 g/mol. The Kier molecular flexibility index (Phi) is 9.31. The molecule has 3 aromatic rings. The fourth-order valence-corrected chi connectivity index (χ4v) is 3.29. The zero-order valence-corrected chi connectivity index (χ0v) is 19.9. The van der Waals surface area contributed by atoms with Gasteiger partial charge >= 0.3 is 0 Å². The molecule has 34 heavy (non-hydrogen) atoms. The summed E-state index contributed by atoms with van der Waals surface area (Å²) in [6, 6.07) is 19.5. The van der Waals surface area contributed by atoms with E-state index in [9.17, 15) is 9.59 Å². The first kappa shape index (κ1) is 25.1. The molecule has 0 saturated carbocycles. The number of carbonyl (C=O) groups excluding carboxylic acids is 2. The van der Waals surface area contributed by atoms with Crippen molar-refractivity contribution in [3.63, 3.8) is 0 Å². The molecule has 2 amide bonds. The molecular formula is C25H23Cl2N3O4. The predicted molar refractivity (Wildman–Crippen MR) is 134 cm³/mol. The number of hydrazone groups is 1. The van der Waals surface area contributed by atoms with Crippen molar-refractivity contribution in [2.75, 3.05) is 12.4 Å². The number of nitrogens with one attached hydrogen (secondary N) is 2. The average molecular weight is 500 g/mol. The number of hydrogen-bond acceptors (Lipinski definition) is 5. The molecule has 0 fully saturated rings. The second kappa shape index (κ2) is 12.6. The van der Waals surface area contributed by atoms with E-state index in [4.69, 9.17) is 32.7 Å². The van der Waals surface area contributed by atoms with Crippen LogP contribution in [-0.4, -0.2) is 25.1 Å². The topological polar surface area (TPSA) is 89.0 Å². The Morgan fingerprint density at radius 1 is 0.941 bits per heavy atom. The Balaban J connectivity index is 1.47. The largest absolute Gasteiger partial charge is 0.493 e. The molecule has 0 atom stereocenters. The minimum atomic E-state index is -0.385. The number of amides is 2. The molecule has 0 saturated heterocycles. The van der Waals surface area contributed by atoms with Gasteiger partial charge in [-0.05, 0) is 48.0 Å². The summed E-state index contributed by atoms with van der Waals surface area (Å²) in [5, 5.41) is 7.77. The summed E-state index contributed by atoms with van der Waals surface area (Å²) in [5.74, 6) is 0.386. The van der Waals surface area contributed by atoms with Crippen LogP contribution in [0.3, 0.4) is 0 Å². The van der Waals surface area contributed by atoms with Gasteiger partial charge in [0.15, 0.2) is 11.5 Å². The Morgan fingerprint density at radius 2 is 1.74 bits per heavy atom. The van der Waals surface area contributed by atoms with E-state index in [2.05, 4.69) is 15.8 Å². The van der Waals surface area contributed by atoms with Gasteiger partial charge in [-0.3, -0.25) is 9.59 Å². The quantitative estimate of drug-likeness (QED) is 0.286. The molecule has 0 aromatic heterocycles. The molecule has 7 nitrogen and oxygen atoms in total. The molecule has 176 valence electrons. The van der Waals surface area contributed by atoms with Crippen LogP contribution in [0.15, 0.2) is 71.8 Å². The highest BCUT2D eigenvalue weighted by atomic mass is 35.5. The van der Waals surface area contributed by atoms with Gasteiger partial charge in [0.05, 0.1) is 13.3 Å². The molecule has 9 heteroatoms. The molecule has 3 aromatic carbocycles. The number of anilines is 1. The summed E-state index contributed by atoms with van der Waals surface area (Å²) >= 11 is 12.1. The van der Waals surface area contributed by atoms with E-state index >= 15 is 0 Å². The van der Waals surface area contributed by atoms with Crippen LogP contribution in [0.1, 0.15) is 24.0 Å². The van der Waals surface area contributed by atoms with E-state index in [0.29, 0.717) is 39.4 Å².